The van der Waals surface area contributed by atoms with E-state index in [-0.39, 0.29) is 11.9 Å². The highest BCUT2D eigenvalue weighted by atomic mass is 16.2. The van der Waals surface area contributed by atoms with E-state index in [1.807, 2.05) is 30.7 Å². The molecule has 2 aromatic heterocycles. The minimum atomic E-state index is -0.0411. The lowest BCUT2D eigenvalue weighted by Gasteiger charge is -2.34. The van der Waals surface area contributed by atoms with Crippen LogP contribution in [0.3, 0.4) is 0 Å². The van der Waals surface area contributed by atoms with Crippen molar-refractivity contribution in [1.82, 2.24) is 24.8 Å². The molecule has 138 valence electrons. The first-order valence-corrected chi connectivity index (χ1v) is 9.75. The van der Waals surface area contributed by atoms with Gasteiger partial charge in [0, 0.05) is 31.9 Å². The molecule has 4 rings (SSSR count). The summed E-state index contributed by atoms with van der Waals surface area (Å²) in [7, 11) is 0. The summed E-state index contributed by atoms with van der Waals surface area (Å²) in [5, 5.41) is 3.17. The van der Waals surface area contributed by atoms with Gasteiger partial charge < -0.3 is 9.88 Å². The van der Waals surface area contributed by atoms with Crippen molar-refractivity contribution in [3.63, 3.8) is 0 Å². The Balaban J connectivity index is 1.38. The summed E-state index contributed by atoms with van der Waals surface area (Å²) in [6, 6.07) is 4.02. The van der Waals surface area contributed by atoms with Crippen molar-refractivity contribution in [3.8, 4) is 0 Å². The lowest BCUT2D eigenvalue weighted by atomic mass is 10.0. The van der Waals surface area contributed by atoms with Crippen LogP contribution >= 0.6 is 0 Å². The van der Waals surface area contributed by atoms with Crippen LogP contribution in [0.4, 0.5) is 0 Å². The Labute approximate surface area is 154 Å². The fourth-order valence-electron chi connectivity index (χ4n) is 4.12. The van der Waals surface area contributed by atoms with Crippen LogP contribution in [0.25, 0.3) is 0 Å². The zero-order chi connectivity index (χ0) is 17.8. The maximum Gasteiger partial charge on any atom is 0.237 e. The van der Waals surface area contributed by atoms with Crippen LogP contribution in [0, 0.1) is 0 Å². The van der Waals surface area contributed by atoms with Crippen molar-refractivity contribution < 1.29 is 4.79 Å². The van der Waals surface area contributed by atoms with Gasteiger partial charge in [-0.2, -0.15) is 0 Å². The molecule has 1 N–H and O–H groups in total. The minimum absolute atomic E-state index is 0.0411. The summed E-state index contributed by atoms with van der Waals surface area (Å²) in [4.78, 5) is 23.8. The highest BCUT2D eigenvalue weighted by molar-refractivity contribution is 5.81. The number of nitrogens with zero attached hydrogens (tertiary/aromatic N) is 4. The molecule has 1 fully saturated rings. The van der Waals surface area contributed by atoms with E-state index in [0.717, 1.165) is 56.8 Å². The molecule has 1 atom stereocenters. The second kappa shape index (κ2) is 7.99. The Bertz CT molecular complexity index is 742. The zero-order valence-corrected chi connectivity index (χ0v) is 15.2. The molecule has 6 heteroatoms. The number of hydrogen-bond acceptors (Lipinski definition) is 4. The van der Waals surface area contributed by atoms with E-state index in [9.17, 15) is 4.79 Å². The van der Waals surface area contributed by atoms with Crippen LogP contribution in [0.1, 0.15) is 49.2 Å². The topological polar surface area (TPSA) is 63.1 Å². The standard InChI is InChI=1S/C20H27N5O/c26-20(23-14-17-13-22-19-6-2-4-12-25(17)19)18-5-1-3-11-24(18)15-16-7-9-21-10-8-16/h7-10,13,18H,1-6,11-12,14-15H2,(H,23,26). The number of carbonyl (C=O) groups excluding carboxylic acids is 1. The highest BCUT2D eigenvalue weighted by Gasteiger charge is 2.28. The molecule has 0 radical (unpaired) electrons. The average Bonchev–Trinajstić information content (AvgIpc) is 3.10. The molecule has 0 bridgehead atoms. The number of rotatable bonds is 5. The minimum Gasteiger partial charge on any atom is -0.349 e. The summed E-state index contributed by atoms with van der Waals surface area (Å²) in [6.45, 7) is 3.38. The van der Waals surface area contributed by atoms with Gasteiger partial charge in [-0.1, -0.05) is 6.42 Å². The zero-order valence-electron chi connectivity index (χ0n) is 15.2. The van der Waals surface area contributed by atoms with E-state index in [4.69, 9.17) is 0 Å². The number of fused-ring (bicyclic) bond motifs is 1. The maximum atomic E-state index is 12.9. The number of amides is 1. The largest absolute Gasteiger partial charge is 0.349 e. The van der Waals surface area contributed by atoms with Crippen molar-refractivity contribution in [2.75, 3.05) is 6.54 Å². The van der Waals surface area contributed by atoms with Gasteiger partial charge in [0.1, 0.15) is 5.82 Å². The molecule has 1 amide bonds. The Kier molecular flexibility index (Phi) is 5.29. The Morgan fingerprint density at radius 1 is 1.15 bits per heavy atom. The summed E-state index contributed by atoms with van der Waals surface area (Å²) >= 11 is 0. The molecular weight excluding hydrogens is 326 g/mol. The van der Waals surface area contributed by atoms with E-state index in [1.54, 1.807) is 0 Å². The first kappa shape index (κ1) is 17.2. The van der Waals surface area contributed by atoms with Crippen LogP contribution in [0.5, 0.6) is 0 Å². The molecular formula is C20H27N5O. The third kappa shape index (κ3) is 3.80. The second-order valence-corrected chi connectivity index (χ2v) is 7.33. The smallest absolute Gasteiger partial charge is 0.237 e. The molecule has 0 aromatic carbocycles. The van der Waals surface area contributed by atoms with Crippen LogP contribution in [-0.4, -0.2) is 37.9 Å². The fourth-order valence-corrected chi connectivity index (χ4v) is 4.12. The van der Waals surface area contributed by atoms with Gasteiger partial charge in [0.25, 0.3) is 0 Å². The molecule has 4 heterocycles. The lowest BCUT2D eigenvalue weighted by molar-refractivity contribution is -0.128. The second-order valence-electron chi connectivity index (χ2n) is 7.33. The number of hydrogen-bond donors (Lipinski definition) is 1. The number of imidazole rings is 1. The van der Waals surface area contributed by atoms with E-state index < -0.39 is 0 Å². The van der Waals surface area contributed by atoms with E-state index in [2.05, 4.69) is 24.8 Å². The maximum absolute atomic E-state index is 12.9. The molecule has 0 aliphatic carbocycles. The number of piperidine rings is 1. The number of aromatic nitrogens is 3. The quantitative estimate of drug-likeness (QED) is 0.896. The molecule has 1 saturated heterocycles. The van der Waals surface area contributed by atoms with Crippen molar-refractivity contribution in [2.24, 2.45) is 0 Å². The average molecular weight is 353 g/mol. The summed E-state index contributed by atoms with van der Waals surface area (Å²) < 4.78 is 2.28. The first-order valence-electron chi connectivity index (χ1n) is 9.75. The van der Waals surface area contributed by atoms with Crippen LogP contribution in [-0.2, 0) is 30.8 Å². The van der Waals surface area contributed by atoms with Crippen molar-refractivity contribution in [1.29, 1.82) is 0 Å². The van der Waals surface area contributed by atoms with Crippen molar-refractivity contribution in [2.45, 2.75) is 64.2 Å². The van der Waals surface area contributed by atoms with Gasteiger partial charge in [0.05, 0.1) is 24.5 Å². The third-order valence-corrected chi connectivity index (χ3v) is 5.55. The van der Waals surface area contributed by atoms with Crippen LogP contribution in [0.15, 0.2) is 30.7 Å². The molecule has 6 nitrogen and oxygen atoms in total. The van der Waals surface area contributed by atoms with E-state index in [1.165, 1.54) is 18.4 Å². The summed E-state index contributed by atoms with van der Waals surface area (Å²) in [5.41, 5.74) is 2.34. The molecule has 0 spiro atoms. The van der Waals surface area contributed by atoms with Crippen molar-refractivity contribution in [3.05, 3.63) is 47.8 Å². The van der Waals surface area contributed by atoms with Crippen molar-refractivity contribution >= 4 is 5.91 Å². The number of carbonyl (C=O) groups is 1. The summed E-state index contributed by atoms with van der Waals surface area (Å²) in [6.07, 6.45) is 12.2. The number of pyridine rings is 1. The Hall–Kier alpha value is -2.21. The highest BCUT2D eigenvalue weighted by Crippen LogP contribution is 2.20. The van der Waals surface area contributed by atoms with Gasteiger partial charge in [-0.15, -0.1) is 0 Å². The monoisotopic (exact) mass is 353 g/mol. The van der Waals surface area contributed by atoms with Gasteiger partial charge in [-0.3, -0.25) is 14.7 Å². The predicted octanol–water partition coefficient (Wildman–Crippen LogP) is 2.29. The molecule has 0 saturated carbocycles. The van der Waals surface area contributed by atoms with E-state index >= 15 is 0 Å². The Morgan fingerprint density at radius 3 is 2.88 bits per heavy atom. The molecule has 2 aromatic rings. The van der Waals surface area contributed by atoms with Gasteiger partial charge in [-0.25, -0.2) is 4.98 Å². The fraction of sp³-hybridized carbons (Fsp3) is 0.550. The van der Waals surface area contributed by atoms with Crippen LogP contribution < -0.4 is 5.32 Å². The van der Waals surface area contributed by atoms with E-state index in [0.29, 0.717) is 6.54 Å². The van der Waals surface area contributed by atoms with Gasteiger partial charge in [0.2, 0.25) is 5.91 Å². The number of aryl methyl sites for hydroxylation is 1. The van der Waals surface area contributed by atoms with Gasteiger partial charge in [-0.05, 0) is 49.9 Å². The molecule has 2 aliphatic rings. The number of likely N-dealkylation sites (tertiary alicyclic amines) is 1. The van der Waals surface area contributed by atoms with Gasteiger partial charge in [0.15, 0.2) is 0 Å². The first-order chi connectivity index (χ1) is 12.8. The Morgan fingerprint density at radius 2 is 2.00 bits per heavy atom. The van der Waals surface area contributed by atoms with Crippen LogP contribution in [0.2, 0.25) is 0 Å². The lowest BCUT2D eigenvalue weighted by Crippen LogP contribution is -2.48. The molecule has 1 unspecified atom stereocenters. The third-order valence-electron chi connectivity index (χ3n) is 5.55. The SMILES string of the molecule is O=C(NCc1cnc2n1CCCC2)C1CCCCN1Cc1ccncc1. The normalized spacial score (nSPS) is 20.5. The molecule has 2 aliphatic heterocycles. The molecule has 26 heavy (non-hydrogen) atoms. The summed E-state index contributed by atoms with van der Waals surface area (Å²) in [5.74, 6) is 1.31. The number of nitrogens with one attached hydrogen (secondary N) is 1. The van der Waals surface area contributed by atoms with Gasteiger partial charge >= 0.3 is 0 Å². The predicted molar refractivity (Wildman–Crippen MR) is 99.3 cm³/mol.